The second-order valence-electron chi connectivity index (χ2n) is 6.60. The van der Waals surface area contributed by atoms with Crippen molar-refractivity contribution in [2.45, 2.75) is 26.3 Å². The summed E-state index contributed by atoms with van der Waals surface area (Å²) in [5, 5.41) is 3.46. The fourth-order valence-corrected chi connectivity index (χ4v) is 3.47. The summed E-state index contributed by atoms with van der Waals surface area (Å²) in [7, 11) is 0. The van der Waals surface area contributed by atoms with Crippen LogP contribution in [0.15, 0.2) is 54.6 Å². The first-order chi connectivity index (χ1) is 11.8. The van der Waals surface area contributed by atoms with Gasteiger partial charge in [-0.2, -0.15) is 0 Å². The van der Waals surface area contributed by atoms with E-state index in [0.29, 0.717) is 12.0 Å². The molecule has 0 spiro atoms. The summed E-state index contributed by atoms with van der Waals surface area (Å²) in [5.74, 6) is 2.43. The first-order valence-corrected chi connectivity index (χ1v) is 9.05. The Hall–Kier alpha value is -1.84. The lowest BCUT2D eigenvalue weighted by Gasteiger charge is -2.38. The molecule has 2 aromatic rings. The van der Waals surface area contributed by atoms with E-state index in [1.165, 1.54) is 12.0 Å². The number of benzene rings is 2. The van der Waals surface area contributed by atoms with Crippen LogP contribution in [0.3, 0.4) is 0 Å². The largest absolute Gasteiger partial charge is 0.457 e. The normalized spacial score (nSPS) is 18.1. The molecule has 0 aliphatic carbocycles. The molecule has 2 aromatic carbocycles. The van der Waals surface area contributed by atoms with E-state index in [2.05, 4.69) is 42.3 Å². The van der Waals surface area contributed by atoms with Crippen molar-refractivity contribution in [3.05, 3.63) is 60.2 Å². The van der Waals surface area contributed by atoms with Crippen molar-refractivity contribution >= 4 is 0 Å². The average molecular weight is 324 g/mol. The highest BCUT2D eigenvalue weighted by Crippen LogP contribution is 2.33. The minimum atomic E-state index is 0.455. The highest BCUT2D eigenvalue weighted by atomic mass is 16.5. The lowest BCUT2D eigenvalue weighted by atomic mass is 9.90. The number of rotatable bonds is 6. The van der Waals surface area contributed by atoms with Crippen LogP contribution in [-0.4, -0.2) is 31.1 Å². The summed E-state index contributed by atoms with van der Waals surface area (Å²) >= 11 is 0. The molecule has 1 unspecified atom stereocenters. The first kappa shape index (κ1) is 17.0. The molecule has 0 aromatic heterocycles. The molecule has 1 aliphatic rings. The number of piperazine rings is 1. The van der Waals surface area contributed by atoms with E-state index in [-0.39, 0.29) is 0 Å². The van der Waals surface area contributed by atoms with Crippen molar-refractivity contribution in [2.75, 3.05) is 26.2 Å². The first-order valence-electron chi connectivity index (χ1n) is 9.05. The SMILES string of the molecule is CCC(C)[C@H](c1cccc(Oc2ccccc2)c1)N1CCNCC1. The van der Waals surface area contributed by atoms with Crippen LogP contribution < -0.4 is 10.1 Å². The lowest BCUT2D eigenvalue weighted by molar-refractivity contribution is 0.128. The standard InChI is InChI=1S/C21H28N2O/c1-3-17(2)21(23-14-12-22-13-15-23)18-8-7-11-20(16-18)24-19-9-5-4-6-10-19/h4-11,16-17,21-22H,3,12-15H2,1-2H3/t17?,21-/m1/s1. The van der Waals surface area contributed by atoms with E-state index in [9.17, 15) is 0 Å². The molecule has 1 heterocycles. The van der Waals surface area contributed by atoms with E-state index in [1.54, 1.807) is 0 Å². The number of nitrogens with zero attached hydrogens (tertiary/aromatic N) is 1. The summed E-state index contributed by atoms with van der Waals surface area (Å²) in [6, 6.07) is 19.1. The van der Waals surface area contributed by atoms with Crippen LogP contribution in [0.5, 0.6) is 11.5 Å². The van der Waals surface area contributed by atoms with E-state index >= 15 is 0 Å². The Kier molecular flexibility index (Phi) is 5.89. The number of hydrogen-bond donors (Lipinski definition) is 1. The average Bonchev–Trinajstić information content (AvgIpc) is 2.64. The van der Waals surface area contributed by atoms with Gasteiger partial charge in [-0.1, -0.05) is 50.6 Å². The Labute approximate surface area is 145 Å². The van der Waals surface area contributed by atoms with Crippen molar-refractivity contribution in [2.24, 2.45) is 5.92 Å². The predicted molar refractivity (Wildman–Crippen MR) is 99.6 cm³/mol. The fraction of sp³-hybridized carbons (Fsp3) is 0.429. The molecule has 1 fully saturated rings. The number of ether oxygens (including phenoxy) is 1. The van der Waals surface area contributed by atoms with Crippen molar-refractivity contribution in [3.63, 3.8) is 0 Å². The minimum absolute atomic E-state index is 0.455. The van der Waals surface area contributed by atoms with Crippen LogP contribution in [0.2, 0.25) is 0 Å². The Morgan fingerprint density at radius 3 is 2.42 bits per heavy atom. The molecule has 128 valence electrons. The topological polar surface area (TPSA) is 24.5 Å². The van der Waals surface area contributed by atoms with Gasteiger partial charge in [-0.15, -0.1) is 0 Å². The van der Waals surface area contributed by atoms with E-state index in [4.69, 9.17) is 4.74 Å². The highest BCUT2D eigenvalue weighted by Gasteiger charge is 2.26. The van der Waals surface area contributed by atoms with Crippen molar-refractivity contribution in [3.8, 4) is 11.5 Å². The quantitative estimate of drug-likeness (QED) is 0.848. The molecule has 0 saturated carbocycles. The van der Waals surface area contributed by atoms with Gasteiger partial charge in [0.2, 0.25) is 0 Å². The second kappa shape index (κ2) is 8.32. The molecule has 1 saturated heterocycles. The fourth-order valence-electron chi connectivity index (χ4n) is 3.47. The minimum Gasteiger partial charge on any atom is -0.457 e. The van der Waals surface area contributed by atoms with Crippen LogP contribution in [0.25, 0.3) is 0 Å². The van der Waals surface area contributed by atoms with Gasteiger partial charge < -0.3 is 10.1 Å². The number of nitrogens with one attached hydrogen (secondary N) is 1. The third-order valence-corrected chi connectivity index (χ3v) is 4.91. The van der Waals surface area contributed by atoms with Gasteiger partial charge in [0.25, 0.3) is 0 Å². The van der Waals surface area contributed by atoms with Gasteiger partial charge in [-0.25, -0.2) is 0 Å². The maximum atomic E-state index is 6.04. The molecule has 24 heavy (non-hydrogen) atoms. The monoisotopic (exact) mass is 324 g/mol. The van der Waals surface area contributed by atoms with E-state index in [1.807, 2.05) is 36.4 Å². The van der Waals surface area contributed by atoms with Crippen LogP contribution >= 0.6 is 0 Å². The maximum absolute atomic E-state index is 6.04. The van der Waals surface area contributed by atoms with Crippen molar-refractivity contribution in [1.29, 1.82) is 0 Å². The van der Waals surface area contributed by atoms with Crippen LogP contribution in [0.4, 0.5) is 0 Å². The highest BCUT2D eigenvalue weighted by molar-refractivity contribution is 5.35. The van der Waals surface area contributed by atoms with Gasteiger partial charge >= 0.3 is 0 Å². The number of para-hydroxylation sites is 1. The molecule has 3 heteroatoms. The zero-order valence-electron chi connectivity index (χ0n) is 14.7. The van der Waals surface area contributed by atoms with Gasteiger partial charge in [0.1, 0.15) is 11.5 Å². The molecule has 0 radical (unpaired) electrons. The van der Waals surface area contributed by atoms with Crippen LogP contribution in [0, 0.1) is 5.92 Å². The lowest BCUT2D eigenvalue weighted by Crippen LogP contribution is -2.46. The smallest absolute Gasteiger partial charge is 0.127 e. The van der Waals surface area contributed by atoms with E-state index in [0.717, 1.165) is 37.7 Å². The number of hydrogen-bond acceptors (Lipinski definition) is 3. The maximum Gasteiger partial charge on any atom is 0.127 e. The summed E-state index contributed by atoms with van der Waals surface area (Å²) in [5.41, 5.74) is 1.36. The van der Waals surface area contributed by atoms with Crippen LogP contribution in [-0.2, 0) is 0 Å². The predicted octanol–water partition coefficient (Wildman–Crippen LogP) is 4.47. The molecule has 0 amide bonds. The molecule has 3 rings (SSSR count). The Balaban J connectivity index is 1.83. The molecule has 1 aliphatic heterocycles. The van der Waals surface area contributed by atoms with Gasteiger partial charge in [0.15, 0.2) is 0 Å². The third-order valence-electron chi connectivity index (χ3n) is 4.91. The Morgan fingerprint density at radius 1 is 1.00 bits per heavy atom. The second-order valence-corrected chi connectivity index (χ2v) is 6.60. The summed E-state index contributed by atoms with van der Waals surface area (Å²) in [4.78, 5) is 2.62. The van der Waals surface area contributed by atoms with Crippen molar-refractivity contribution < 1.29 is 4.74 Å². The zero-order chi connectivity index (χ0) is 16.8. The van der Waals surface area contributed by atoms with E-state index < -0.39 is 0 Å². The molecular formula is C21H28N2O. The summed E-state index contributed by atoms with van der Waals surface area (Å²) < 4.78 is 6.04. The molecule has 0 bridgehead atoms. The molecule has 1 N–H and O–H groups in total. The molecular weight excluding hydrogens is 296 g/mol. The van der Waals surface area contributed by atoms with Crippen LogP contribution in [0.1, 0.15) is 31.9 Å². The zero-order valence-corrected chi connectivity index (χ0v) is 14.7. The summed E-state index contributed by atoms with van der Waals surface area (Å²) in [6.07, 6.45) is 1.18. The van der Waals surface area contributed by atoms with Gasteiger partial charge in [-0.3, -0.25) is 4.90 Å². The molecule has 2 atom stereocenters. The van der Waals surface area contributed by atoms with Crippen molar-refractivity contribution in [1.82, 2.24) is 10.2 Å². The van der Waals surface area contributed by atoms with Gasteiger partial charge in [0.05, 0.1) is 0 Å². The Bertz CT molecular complexity index is 623. The van der Waals surface area contributed by atoms with Gasteiger partial charge in [-0.05, 0) is 35.7 Å². The third kappa shape index (κ3) is 4.16. The van der Waals surface area contributed by atoms with Gasteiger partial charge in [0, 0.05) is 32.2 Å². The Morgan fingerprint density at radius 2 is 1.71 bits per heavy atom. The summed E-state index contributed by atoms with van der Waals surface area (Å²) in [6.45, 7) is 9.01. The molecule has 3 nitrogen and oxygen atoms in total.